The van der Waals surface area contributed by atoms with Crippen molar-refractivity contribution in [2.45, 2.75) is 50.6 Å². The second-order valence-electron chi connectivity index (χ2n) is 7.97. The lowest BCUT2D eigenvalue weighted by atomic mass is 9.78. The molecule has 2 aromatic carbocycles. The zero-order valence-corrected chi connectivity index (χ0v) is 18.1. The molecule has 1 saturated carbocycles. The third-order valence-corrected chi connectivity index (χ3v) is 6.45. The topological polar surface area (TPSA) is 66.5 Å². The number of nitrogens with one attached hydrogen (secondary N) is 1. The Labute approximate surface area is 187 Å². The van der Waals surface area contributed by atoms with Crippen molar-refractivity contribution in [1.82, 2.24) is 20.1 Å². The second-order valence-corrected chi connectivity index (χ2v) is 8.41. The van der Waals surface area contributed by atoms with E-state index in [1.807, 2.05) is 30.3 Å². The Hall–Kier alpha value is -2.39. The fourth-order valence-electron chi connectivity index (χ4n) is 4.74. The molecule has 3 aromatic rings. The predicted molar refractivity (Wildman–Crippen MR) is 119 cm³/mol. The van der Waals surface area contributed by atoms with Crippen LogP contribution in [0, 0.1) is 11.3 Å². The summed E-state index contributed by atoms with van der Waals surface area (Å²) < 4.78 is 2.24. The lowest BCUT2D eigenvalue weighted by Gasteiger charge is -2.29. The summed E-state index contributed by atoms with van der Waals surface area (Å²) in [6.07, 6.45) is 4.37. The van der Waals surface area contributed by atoms with Crippen molar-refractivity contribution in [3.8, 4) is 11.8 Å². The molecule has 0 amide bonds. The van der Waals surface area contributed by atoms with Crippen molar-refractivity contribution in [2.75, 3.05) is 0 Å². The first-order valence-corrected chi connectivity index (χ1v) is 10.5. The van der Waals surface area contributed by atoms with Gasteiger partial charge in [-0.25, -0.2) is 0 Å². The van der Waals surface area contributed by atoms with Crippen LogP contribution in [-0.2, 0) is 13.1 Å². The van der Waals surface area contributed by atoms with Crippen LogP contribution in [0.1, 0.15) is 65.9 Å². The van der Waals surface area contributed by atoms with Gasteiger partial charge in [-0.3, -0.25) is 4.57 Å². The number of benzene rings is 2. The van der Waals surface area contributed by atoms with Gasteiger partial charge in [0.15, 0.2) is 5.82 Å². The van der Waals surface area contributed by atoms with Crippen molar-refractivity contribution >= 4 is 24.0 Å². The van der Waals surface area contributed by atoms with Crippen LogP contribution in [0.25, 0.3) is 5.69 Å². The van der Waals surface area contributed by atoms with Crippen LogP contribution in [0.15, 0.2) is 42.5 Å². The Morgan fingerprint density at radius 2 is 1.80 bits per heavy atom. The van der Waals surface area contributed by atoms with Crippen LogP contribution < -0.4 is 5.32 Å². The Balaban J connectivity index is 0.00000218. The van der Waals surface area contributed by atoms with Gasteiger partial charge >= 0.3 is 0 Å². The van der Waals surface area contributed by atoms with E-state index in [1.54, 1.807) is 0 Å². The summed E-state index contributed by atoms with van der Waals surface area (Å²) in [5.41, 5.74) is 4.35. The lowest BCUT2D eigenvalue weighted by molar-refractivity contribution is 0.382. The summed E-state index contributed by atoms with van der Waals surface area (Å²) in [5, 5.41) is 22.5. The van der Waals surface area contributed by atoms with Gasteiger partial charge in [-0.15, -0.1) is 22.6 Å². The Morgan fingerprint density at radius 1 is 1.00 bits per heavy atom. The summed E-state index contributed by atoms with van der Waals surface area (Å²) >= 11 is 6.23. The first-order valence-electron chi connectivity index (χ1n) is 10.2. The van der Waals surface area contributed by atoms with E-state index < -0.39 is 0 Å². The molecule has 0 atom stereocenters. The number of hydrogen-bond donors (Lipinski definition) is 1. The highest BCUT2D eigenvalue weighted by atomic mass is 35.5. The van der Waals surface area contributed by atoms with Crippen LogP contribution in [0.2, 0.25) is 5.02 Å². The number of aromatic nitrogens is 3. The lowest BCUT2D eigenvalue weighted by Crippen LogP contribution is -2.17. The SMILES string of the molecule is Cl.N#Cc1cccc(C2CCC(c3nnc4n3-c3ccc(Cl)cc3CNC4)CC2)c1. The van der Waals surface area contributed by atoms with Gasteiger partial charge in [0.25, 0.3) is 0 Å². The van der Waals surface area contributed by atoms with Gasteiger partial charge in [0.1, 0.15) is 5.82 Å². The molecule has 7 heteroatoms. The summed E-state index contributed by atoms with van der Waals surface area (Å²) in [6.45, 7) is 1.48. The number of halogens is 2. The van der Waals surface area contributed by atoms with Crippen LogP contribution in [0.4, 0.5) is 0 Å². The third-order valence-electron chi connectivity index (χ3n) is 6.22. The summed E-state index contributed by atoms with van der Waals surface area (Å²) in [7, 11) is 0. The summed E-state index contributed by atoms with van der Waals surface area (Å²) in [6, 6.07) is 16.4. The molecule has 1 aliphatic heterocycles. The van der Waals surface area contributed by atoms with Crippen molar-refractivity contribution in [2.24, 2.45) is 0 Å². The maximum Gasteiger partial charge on any atom is 0.151 e. The van der Waals surface area contributed by atoms with E-state index in [0.29, 0.717) is 18.4 Å². The second kappa shape index (κ2) is 8.77. The highest BCUT2D eigenvalue weighted by Crippen LogP contribution is 2.41. The van der Waals surface area contributed by atoms with Gasteiger partial charge in [0.05, 0.1) is 23.9 Å². The van der Waals surface area contributed by atoms with Crippen LogP contribution >= 0.6 is 24.0 Å². The number of nitriles is 1. The molecule has 2 heterocycles. The number of nitrogens with zero attached hydrogens (tertiary/aromatic N) is 4. The molecule has 0 bridgehead atoms. The average molecular weight is 440 g/mol. The van der Waals surface area contributed by atoms with Gasteiger partial charge in [-0.2, -0.15) is 5.26 Å². The van der Waals surface area contributed by atoms with Gasteiger partial charge in [-0.05, 0) is 73.1 Å². The van der Waals surface area contributed by atoms with Gasteiger partial charge in [0, 0.05) is 17.5 Å². The molecule has 0 saturated heterocycles. The zero-order chi connectivity index (χ0) is 19.8. The van der Waals surface area contributed by atoms with E-state index in [0.717, 1.165) is 60.2 Å². The molecule has 0 radical (unpaired) electrons. The molecule has 30 heavy (non-hydrogen) atoms. The standard InChI is InChI=1S/C23H22ClN5.ClH/c24-20-8-9-21-19(11-20)13-26-14-22-27-28-23(29(21)22)17-6-4-16(5-7-17)18-3-1-2-15(10-18)12-25;/h1-3,8-11,16-17,26H,4-7,13-14H2;1H. The first kappa shape index (κ1) is 20.9. The number of hydrogen-bond acceptors (Lipinski definition) is 4. The summed E-state index contributed by atoms with van der Waals surface area (Å²) in [5.74, 6) is 2.94. The van der Waals surface area contributed by atoms with Crippen molar-refractivity contribution in [3.05, 3.63) is 75.8 Å². The Bertz CT molecular complexity index is 1090. The maximum atomic E-state index is 9.18. The van der Waals surface area contributed by atoms with Gasteiger partial charge in [0.2, 0.25) is 0 Å². The fourth-order valence-corrected chi connectivity index (χ4v) is 4.94. The van der Waals surface area contributed by atoms with E-state index in [4.69, 9.17) is 11.6 Å². The molecule has 154 valence electrons. The molecule has 5 nitrogen and oxygen atoms in total. The monoisotopic (exact) mass is 439 g/mol. The molecular weight excluding hydrogens is 417 g/mol. The Morgan fingerprint density at radius 3 is 2.60 bits per heavy atom. The quantitative estimate of drug-likeness (QED) is 0.591. The minimum absolute atomic E-state index is 0. The van der Waals surface area contributed by atoms with E-state index in [1.165, 1.54) is 11.1 Å². The molecule has 0 spiro atoms. The highest BCUT2D eigenvalue weighted by Gasteiger charge is 2.29. The van der Waals surface area contributed by atoms with Crippen LogP contribution in [0.3, 0.4) is 0 Å². The Kier molecular flexibility index (Phi) is 6.10. The van der Waals surface area contributed by atoms with Crippen molar-refractivity contribution in [3.63, 3.8) is 0 Å². The highest BCUT2D eigenvalue weighted by molar-refractivity contribution is 6.30. The minimum Gasteiger partial charge on any atom is -0.306 e. The van der Waals surface area contributed by atoms with Crippen molar-refractivity contribution in [1.29, 1.82) is 5.26 Å². The van der Waals surface area contributed by atoms with E-state index >= 15 is 0 Å². The van der Waals surface area contributed by atoms with E-state index in [-0.39, 0.29) is 12.4 Å². The molecule has 1 aromatic heterocycles. The summed E-state index contributed by atoms with van der Waals surface area (Å²) in [4.78, 5) is 0. The van der Waals surface area contributed by atoms with E-state index in [2.05, 4.69) is 38.3 Å². The number of rotatable bonds is 2. The molecule has 1 N–H and O–H groups in total. The molecular formula is C23H23Cl2N5. The minimum atomic E-state index is 0. The van der Waals surface area contributed by atoms with E-state index in [9.17, 15) is 5.26 Å². The fraction of sp³-hybridized carbons (Fsp3) is 0.348. The third kappa shape index (κ3) is 3.83. The maximum absolute atomic E-state index is 9.18. The molecule has 0 unspecified atom stereocenters. The first-order chi connectivity index (χ1) is 14.2. The normalized spacial score (nSPS) is 20.3. The van der Waals surface area contributed by atoms with Crippen LogP contribution in [-0.4, -0.2) is 14.8 Å². The zero-order valence-electron chi connectivity index (χ0n) is 16.5. The van der Waals surface area contributed by atoms with Gasteiger partial charge in [-0.1, -0.05) is 23.7 Å². The molecule has 2 aliphatic rings. The largest absolute Gasteiger partial charge is 0.306 e. The number of fused-ring (bicyclic) bond motifs is 3. The molecule has 1 fully saturated rings. The molecule has 1 aliphatic carbocycles. The predicted octanol–water partition coefficient (Wildman–Crippen LogP) is 5.26. The smallest absolute Gasteiger partial charge is 0.151 e. The molecule has 5 rings (SSSR count). The van der Waals surface area contributed by atoms with Crippen LogP contribution in [0.5, 0.6) is 0 Å². The van der Waals surface area contributed by atoms with Gasteiger partial charge < -0.3 is 5.32 Å². The average Bonchev–Trinajstić information content (AvgIpc) is 3.09. The van der Waals surface area contributed by atoms with Crippen molar-refractivity contribution < 1.29 is 0 Å².